The van der Waals surface area contributed by atoms with E-state index in [1.165, 1.54) is 69.2 Å². The first kappa shape index (κ1) is 74.3. The number of carbonyl (C=O) groups excluding carboxylic acids is 4. The lowest BCUT2D eigenvalue weighted by atomic mass is 9.89. The van der Waals surface area contributed by atoms with Gasteiger partial charge in [-0.25, -0.2) is 4.58 Å². The third-order valence-electron chi connectivity index (χ3n) is 17.1. The number of benzene rings is 3. The van der Waals surface area contributed by atoms with Crippen LogP contribution in [0.25, 0.3) is 33.4 Å². The van der Waals surface area contributed by atoms with Gasteiger partial charge in [-0.05, 0) is 48.7 Å². The van der Waals surface area contributed by atoms with Crippen molar-refractivity contribution in [2.24, 2.45) is 0 Å². The Bertz CT molecular complexity index is 3140. The molecule has 3 saturated heterocycles. The standard InChI is InChI=1S/C66H95N5O22/c1-7-8-9-10-11-12-13-14-15-16-17-18-19-20-45(76)44(35-87-65-58(82)56(80)61(49(33-73)90-65)93-66-59(83)57(81)60(50(34-74)91-66)92-64-53(68-36(2)75)55(79)54(78)48(32-72)89-64)69-51(77)27-28-67-62(84)37-21-24-40(63(85)86)43(29-37)52-41-25-22-38(70(3)4)30-46(41)88-47-31-39(71(5)6)23-26-42(47)52/h19-26,29-31,44-45,48-50,53-61,64-66,72-74,76,78-83H,7-18,27-28,32-35H2,1-6H3,(H3-,67,68,69,75,77,84,85,86)/b20-19+/t44-,45+,48+,49+,50+,53+,54-,55+,56+,57+,58+,59+,60-,61+,64-,65+,66-/m0/s1. The van der Waals surface area contributed by atoms with Gasteiger partial charge in [0.05, 0.1) is 50.6 Å². The summed E-state index contributed by atoms with van der Waals surface area (Å²) in [5.74, 6) is -3.00. The molecule has 4 aliphatic heterocycles. The molecule has 93 heavy (non-hydrogen) atoms. The Kier molecular flexibility index (Phi) is 28.4. The highest BCUT2D eigenvalue weighted by Crippen LogP contribution is 2.43. The van der Waals surface area contributed by atoms with Crippen LogP contribution in [0.1, 0.15) is 118 Å². The van der Waals surface area contributed by atoms with Gasteiger partial charge in [0.1, 0.15) is 98.6 Å². The normalized spacial score (nSPS) is 27.2. The van der Waals surface area contributed by atoms with Crippen LogP contribution in [-0.4, -0.2) is 240 Å². The van der Waals surface area contributed by atoms with Crippen molar-refractivity contribution in [1.82, 2.24) is 20.5 Å². The molecule has 17 atom stereocenters. The molecule has 0 aromatic heterocycles. The second-order valence-corrected chi connectivity index (χ2v) is 24.5. The number of carbonyl (C=O) groups is 4. The topological polar surface area (TPSA) is 404 Å². The molecule has 5 aliphatic rings. The van der Waals surface area contributed by atoms with E-state index in [1.807, 2.05) is 74.1 Å². The zero-order valence-corrected chi connectivity index (χ0v) is 53.7. The zero-order valence-electron chi connectivity index (χ0n) is 53.7. The molecular weight excluding hydrogens is 1210 g/mol. The molecule has 13 N–H and O–H groups in total. The Morgan fingerprint density at radius 3 is 1.90 bits per heavy atom. The van der Waals surface area contributed by atoms with E-state index in [4.69, 9.17) is 32.8 Å². The number of anilines is 1. The fourth-order valence-corrected chi connectivity index (χ4v) is 11.8. The summed E-state index contributed by atoms with van der Waals surface area (Å²) in [7, 11) is 7.51. The van der Waals surface area contributed by atoms with E-state index in [0.717, 1.165) is 43.7 Å². The fourth-order valence-electron chi connectivity index (χ4n) is 11.8. The van der Waals surface area contributed by atoms with E-state index >= 15 is 0 Å². The summed E-state index contributed by atoms with van der Waals surface area (Å²) in [4.78, 5) is 54.5. The number of unbranched alkanes of at least 4 members (excludes halogenated alkanes) is 11. The summed E-state index contributed by atoms with van der Waals surface area (Å²) in [5, 5.41) is 131. The summed E-state index contributed by atoms with van der Waals surface area (Å²) in [6.07, 6.45) is -10.00. The van der Waals surface area contributed by atoms with Gasteiger partial charge in [0.25, 0.3) is 5.91 Å². The van der Waals surface area contributed by atoms with Crippen molar-refractivity contribution in [3.05, 3.63) is 83.2 Å². The minimum absolute atomic E-state index is 0.0686. The van der Waals surface area contributed by atoms with Crippen LogP contribution < -0.4 is 35.9 Å². The molecule has 3 fully saturated rings. The minimum Gasteiger partial charge on any atom is -0.545 e. The lowest BCUT2D eigenvalue weighted by molar-refractivity contribution is -0.374. The minimum atomic E-state index is -2.06. The number of carboxylic acids is 1. The van der Waals surface area contributed by atoms with Crippen molar-refractivity contribution < 1.29 is 108 Å². The monoisotopic (exact) mass is 1310 g/mol. The van der Waals surface area contributed by atoms with E-state index in [9.17, 15) is 75.3 Å². The number of aliphatic hydroxyl groups is 10. The van der Waals surface area contributed by atoms with Crippen LogP contribution in [0, 0.1) is 0 Å². The van der Waals surface area contributed by atoms with E-state index < -0.39 is 154 Å². The molecule has 27 nitrogen and oxygen atoms in total. The van der Waals surface area contributed by atoms with Crippen molar-refractivity contribution in [2.45, 2.75) is 202 Å². The van der Waals surface area contributed by atoms with E-state index in [-0.39, 0.29) is 29.7 Å². The number of hydrogen-bond acceptors (Lipinski definition) is 23. The molecule has 0 spiro atoms. The van der Waals surface area contributed by atoms with Gasteiger partial charge in [0.2, 0.25) is 17.2 Å². The molecule has 4 heterocycles. The predicted octanol–water partition coefficient (Wildman–Crippen LogP) is -0.502. The lowest BCUT2D eigenvalue weighted by Gasteiger charge is -2.48. The van der Waals surface area contributed by atoms with Gasteiger partial charge in [-0.3, -0.25) is 14.4 Å². The molecule has 3 amide bonds. The number of nitrogens with one attached hydrogen (secondary N) is 3. The third kappa shape index (κ3) is 19.3. The summed E-state index contributed by atoms with van der Waals surface area (Å²) >= 11 is 0. The predicted molar refractivity (Wildman–Crippen MR) is 336 cm³/mol. The number of hydrogen-bond donors (Lipinski definition) is 13. The van der Waals surface area contributed by atoms with Crippen molar-refractivity contribution in [3.63, 3.8) is 0 Å². The Balaban J connectivity index is 1.02. The number of carboxylic acid groups (broad SMARTS) is 1. The molecule has 1 aliphatic carbocycles. The first-order valence-corrected chi connectivity index (χ1v) is 32.0. The van der Waals surface area contributed by atoms with E-state index in [2.05, 4.69) is 22.9 Å². The van der Waals surface area contributed by atoms with Gasteiger partial charge in [0, 0.05) is 79.4 Å². The zero-order chi connectivity index (χ0) is 67.6. The second-order valence-electron chi connectivity index (χ2n) is 24.5. The largest absolute Gasteiger partial charge is 0.545 e. The van der Waals surface area contributed by atoms with Crippen LogP contribution >= 0.6 is 0 Å². The molecule has 0 unspecified atom stereocenters. The lowest BCUT2D eigenvalue weighted by Crippen LogP contribution is -2.68. The number of aliphatic hydroxyl groups excluding tert-OH is 10. The molecule has 0 radical (unpaired) electrons. The number of fused-ring (bicyclic) bond motifs is 2. The number of amides is 3. The summed E-state index contributed by atoms with van der Waals surface area (Å²) in [6.45, 7) is -0.101. The van der Waals surface area contributed by atoms with Gasteiger partial charge >= 0.3 is 0 Å². The average molecular weight is 1310 g/mol. The highest BCUT2D eigenvalue weighted by Gasteiger charge is 2.54. The molecule has 2 aromatic carbocycles. The Morgan fingerprint density at radius 1 is 0.699 bits per heavy atom. The summed E-state index contributed by atoms with van der Waals surface area (Å²) < 4.78 is 43.2. The molecule has 7 rings (SSSR count). The van der Waals surface area contributed by atoms with Crippen LogP contribution in [0.2, 0.25) is 0 Å². The molecule has 27 heteroatoms. The molecule has 0 saturated carbocycles. The first-order valence-electron chi connectivity index (χ1n) is 32.0. The van der Waals surface area contributed by atoms with Crippen LogP contribution in [0.5, 0.6) is 0 Å². The summed E-state index contributed by atoms with van der Waals surface area (Å²) in [6, 6.07) is 12.4. The maximum absolute atomic E-state index is 14.0. The molecular formula is C66H95N5O22. The molecule has 0 bridgehead atoms. The van der Waals surface area contributed by atoms with Crippen LogP contribution in [-0.2, 0) is 38.0 Å². The quantitative estimate of drug-likeness (QED) is 0.0124. The Morgan fingerprint density at radius 2 is 1.30 bits per heavy atom. The van der Waals surface area contributed by atoms with Crippen molar-refractivity contribution >= 4 is 40.3 Å². The SMILES string of the molecule is CCCCCCCCCCCCC/C=C/[C@@H](O)[C@H](CO[C@@H]1O[C@H](CO)[C@@H](O[C@@H]2O[C@H](CO)[C@H](O[C@@H]3O[C@H](CO)[C@H](O)[C@H](O)[C@H]3NC(C)=O)[C@H](O)[C@H]2O)[C@H](O)[C@H]1O)NC(=O)CCNC(=O)c1ccc(C(=O)[O-])c(-c2c3ccc(=[N+](C)C)cc-3oc3cc(N(C)C)ccc23)c1. The molecule has 516 valence electrons. The maximum Gasteiger partial charge on any atom is 0.251 e. The smallest absolute Gasteiger partial charge is 0.251 e. The van der Waals surface area contributed by atoms with Gasteiger partial charge in [-0.1, -0.05) is 89.4 Å². The van der Waals surface area contributed by atoms with Gasteiger partial charge in [-0.15, -0.1) is 0 Å². The maximum atomic E-state index is 14.0. The number of rotatable bonds is 33. The number of nitrogens with zero attached hydrogens (tertiary/aromatic N) is 2. The Hall–Kier alpha value is -6.09. The van der Waals surface area contributed by atoms with Crippen LogP contribution in [0.3, 0.4) is 0 Å². The number of aromatic carboxylic acids is 1. The van der Waals surface area contributed by atoms with Crippen molar-refractivity contribution in [3.8, 4) is 22.5 Å². The number of ether oxygens (including phenoxy) is 6. The van der Waals surface area contributed by atoms with Gasteiger partial charge in [0.15, 0.2) is 18.9 Å². The number of allylic oxidation sites excluding steroid dienone is 1. The third-order valence-corrected chi connectivity index (χ3v) is 17.1. The average Bonchev–Trinajstić information content (AvgIpc) is 0.756. The molecule has 2 aromatic rings. The van der Waals surface area contributed by atoms with Crippen molar-refractivity contribution in [2.75, 3.05) is 66.1 Å². The van der Waals surface area contributed by atoms with Gasteiger partial charge < -0.3 is 115 Å². The Labute approximate surface area is 540 Å². The fraction of sp³-hybridized carbons (Fsp3) is 0.621. The van der Waals surface area contributed by atoms with Gasteiger partial charge in [-0.2, -0.15) is 0 Å². The summed E-state index contributed by atoms with van der Waals surface area (Å²) in [5.41, 5.74) is 2.42. The highest BCUT2D eigenvalue weighted by atomic mass is 16.8. The van der Waals surface area contributed by atoms with Crippen LogP contribution in [0.4, 0.5) is 5.69 Å². The van der Waals surface area contributed by atoms with Crippen molar-refractivity contribution in [1.29, 1.82) is 0 Å². The highest BCUT2D eigenvalue weighted by molar-refractivity contribution is 6.09. The van der Waals surface area contributed by atoms with E-state index in [0.29, 0.717) is 34.3 Å². The second kappa shape index (κ2) is 35.6. The van der Waals surface area contributed by atoms with E-state index in [1.54, 1.807) is 6.08 Å². The first-order chi connectivity index (χ1) is 44.5. The van der Waals surface area contributed by atoms with Crippen LogP contribution in [0.15, 0.2) is 71.2 Å².